The molecule has 0 radical (unpaired) electrons. The first kappa shape index (κ1) is 21.8. The molecular formula is C24H35BN6. The molecule has 3 aromatic heterocycles. The van der Waals surface area contributed by atoms with Gasteiger partial charge >= 0.3 is 0 Å². The predicted octanol–water partition coefficient (Wildman–Crippen LogP) is 3.14. The van der Waals surface area contributed by atoms with Crippen molar-refractivity contribution in [1.29, 1.82) is 0 Å². The first-order valence-electron chi connectivity index (χ1n) is 11.9. The molecule has 1 aliphatic rings. The monoisotopic (exact) mass is 418 g/mol. The van der Waals surface area contributed by atoms with Crippen LogP contribution in [0, 0.1) is 0 Å². The molecule has 4 heterocycles. The largest absolute Gasteiger partial charge is 0.366 e. The quantitative estimate of drug-likeness (QED) is 0.541. The Labute approximate surface area is 186 Å². The average Bonchev–Trinajstić information content (AvgIpc) is 3.19. The van der Waals surface area contributed by atoms with Gasteiger partial charge in [0.2, 0.25) is 0 Å². The van der Waals surface area contributed by atoms with Crippen LogP contribution in [0.5, 0.6) is 0 Å². The summed E-state index contributed by atoms with van der Waals surface area (Å²) in [4.78, 5) is 12.0. The van der Waals surface area contributed by atoms with Crippen LogP contribution >= 0.6 is 0 Å². The van der Waals surface area contributed by atoms with Gasteiger partial charge in [0.15, 0.2) is 5.65 Å². The van der Waals surface area contributed by atoms with Crippen molar-refractivity contribution in [1.82, 2.24) is 24.5 Å². The van der Waals surface area contributed by atoms with Crippen LogP contribution in [-0.4, -0.2) is 51.5 Å². The summed E-state index contributed by atoms with van der Waals surface area (Å²) < 4.78 is 1.93. The van der Waals surface area contributed by atoms with Gasteiger partial charge in [-0.05, 0) is 55.9 Å². The molecule has 164 valence electrons. The zero-order valence-corrected chi connectivity index (χ0v) is 19.2. The van der Waals surface area contributed by atoms with E-state index in [0.717, 1.165) is 35.1 Å². The van der Waals surface area contributed by atoms with E-state index < -0.39 is 0 Å². The Morgan fingerprint density at radius 2 is 1.94 bits per heavy atom. The Bertz CT molecular complexity index is 959. The Balaban J connectivity index is 1.51. The molecule has 1 aliphatic heterocycles. The van der Waals surface area contributed by atoms with Crippen LogP contribution in [0.1, 0.15) is 69.5 Å². The van der Waals surface area contributed by atoms with E-state index >= 15 is 0 Å². The van der Waals surface area contributed by atoms with Crippen LogP contribution in [0.3, 0.4) is 0 Å². The van der Waals surface area contributed by atoms with E-state index in [2.05, 4.69) is 54.1 Å². The summed E-state index contributed by atoms with van der Waals surface area (Å²) in [5.74, 6) is 1.52. The van der Waals surface area contributed by atoms with Crippen LogP contribution < -0.4 is 10.8 Å². The number of nitrogens with zero attached hydrogens (tertiary/aromatic N) is 5. The molecule has 1 saturated heterocycles. The maximum atomic E-state index is 5.05. The number of anilines is 1. The van der Waals surface area contributed by atoms with Gasteiger partial charge in [-0.3, -0.25) is 4.98 Å². The van der Waals surface area contributed by atoms with Crippen LogP contribution in [0.2, 0.25) is 0 Å². The zero-order valence-electron chi connectivity index (χ0n) is 19.2. The third-order valence-electron chi connectivity index (χ3n) is 6.57. The lowest BCUT2D eigenvalue weighted by molar-refractivity contribution is 0.135. The lowest BCUT2D eigenvalue weighted by atomic mass is 9.91. The molecule has 0 aliphatic carbocycles. The van der Waals surface area contributed by atoms with Crippen LogP contribution in [0.4, 0.5) is 5.82 Å². The molecule has 0 atom stereocenters. The van der Waals surface area contributed by atoms with Crippen LogP contribution in [-0.2, 0) is 6.54 Å². The Morgan fingerprint density at radius 3 is 2.61 bits per heavy atom. The molecule has 0 bridgehead atoms. The fourth-order valence-corrected chi connectivity index (χ4v) is 4.86. The van der Waals surface area contributed by atoms with Gasteiger partial charge in [-0.1, -0.05) is 32.8 Å². The van der Waals surface area contributed by atoms with E-state index in [1.165, 1.54) is 57.3 Å². The Hall–Kier alpha value is -2.41. The van der Waals surface area contributed by atoms with Gasteiger partial charge in [-0.2, -0.15) is 9.61 Å². The SMILES string of the molecule is Bc1cnn2c(NCc3cccnc3)cc(C3CCN(C(CCC)CCC)CC3)nc12. The van der Waals surface area contributed by atoms with Crippen molar-refractivity contribution in [2.75, 3.05) is 18.4 Å². The minimum Gasteiger partial charge on any atom is -0.366 e. The standard InChI is InChI=1S/C24H35BN6/c1-3-6-20(7-4-2)30-12-9-19(10-13-30)22-14-23(27-16-18-8-5-11-26-15-18)31-24(29-22)21(25)17-28-31/h5,8,11,14-15,17,19-20,27H,3-4,6-7,9-10,12-13,16,25H2,1-2H3. The highest BCUT2D eigenvalue weighted by Crippen LogP contribution is 2.31. The van der Waals surface area contributed by atoms with Crippen molar-refractivity contribution in [3.8, 4) is 0 Å². The molecule has 1 N–H and O–H groups in total. The normalized spacial score (nSPS) is 15.7. The molecule has 31 heavy (non-hydrogen) atoms. The highest BCUT2D eigenvalue weighted by Gasteiger charge is 2.26. The molecule has 0 aromatic carbocycles. The fourth-order valence-electron chi connectivity index (χ4n) is 4.86. The molecule has 7 heteroatoms. The number of hydrogen-bond donors (Lipinski definition) is 1. The second-order valence-electron chi connectivity index (χ2n) is 8.89. The van der Waals surface area contributed by atoms with Crippen molar-refractivity contribution in [2.24, 2.45) is 0 Å². The van der Waals surface area contributed by atoms with E-state index in [1.807, 2.05) is 23.0 Å². The average molecular weight is 418 g/mol. The Morgan fingerprint density at radius 1 is 1.16 bits per heavy atom. The number of nitrogens with one attached hydrogen (secondary N) is 1. The van der Waals surface area contributed by atoms with Gasteiger partial charge in [0.25, 0.3) is 0 Å². The second-order valence-corrected chi connectivity index (χ2v) is 8.89. The van der Waals surface area contributed by atoms with Gasteiger partial charge < -0.3 is 10.2 Å². The first-order valence-corrected chi connectivity index (χ1v) is 11.9. The van der Waals surface area contributed by atoms with E-state index in [1.54, 1.807) is 6.20 Å². The van der Waals surface area contributed by atoms with E-state index in [-0.39, 0.29) is 0 Å². The van der Waals surface area contributed by atoms with E-state index in [4.69, 9.17) is 4.98 Å². The molecule has 0 unspecified atom stereocenters. The van der Waals surface area contributed by atoms with Gasteiger partial charge in [-0.25, -0.2) is 4.98 Å². The summed E-state index contributed by atoms with van der Waals surface area (Å²) in [5, 5.41) is 8.13. The minimum absolute atomic E-state index is 0.512. The minimum atomic E-state index is 0.512. The topological polar surface area (TPSA) is 58.4 Å². The van der Waals surface area contributed by atoms with Gasteiger partial charge in [0.1, 0.15) is 13.7 Å². The summed E-state index contributed by atoms with van der Waals surface area (Å²) in [7, 11) is 2.09. The molecule has 1 fully saturated rings. The third-order valence-corrected chi connectivity index (χ3v) is 6.57. The smallest absolute Gasteiger partial charge is 0.151 e. The van der Waals surface area contributed by atoms with E-state index in [9.17, 15) is 0 Å². The van der Waals surface area contributed by atoms with Crippen molar-refractivity contribution < 1.29 is 0 Å². The van der Waals surface area contributed by atoms with Gasteiger partial charge in [0, 0.05) is 48.9 Å². The van der Waals surface area contributed by atoms with Crippen LogP contribution in [0.15, 0.2) is 36.8 Å². The molecule has 6 nitrogen and oxygen atoms in total. The lowest BCUT2D eigenvalue weighted by Gasteiger charge is -2.37. The predicted molar refractivity (Wildman–Crippen MR) is 130 cm³/mol. The third kappa shape index (κ3) is 5.09. The highest BCUT2D eigenvalue weighted by atomic mass is 15.3. The number of rotatable bonds is 9. The van der Waals surface area contributed by atoms with Crippen molar-refractivity contribution in [3.63, 3.8) is 0 Å². The van der Waals surface area contributed by atoms with E-state index in [0.29, 0.717) is 5.92 Å². The maximum absolute atomic E-state index is 5.05. The first-order chi connectivity index (χ1) is 15.2. The van der Waals surface area contributed by atoms with Crippen molar-refractivity contribution in [3.05, 3.63) is 48.0 Å². The number of fused-ring (bicyclic) bond motifs is 1. The lowest BCUT2D eigenvalue weighted by Crippen LogP contribution is -2.41. The fraction of sp³-hybridized carbons (Fsp3) is 0.542. The maximum Gasteiger partial charge on any atom is 0.151 e. The zero-order chi connectivity index (χ0) is 21.6. The molecule has 4 rings (SSSR count). The number of likely N-dealkylation sites (tertiary alicyclic amines) is 1. The molecule has 0 spiro atoms. The number of pyridine rings is 1. The molecular weight excluding hydrogens is 383 g/mol. The summed E-state index contributed by atoms with van der Waals surface area (Å²) >= 11 is 0. The van der Waals surface area contributed by atoms with Gasteiger partial charge in [-0.15, -0.1) is 0 Å². The molecule has 3 aromatic rings. The van der Waals surface area contributed by atoms with Crippen molar-refractivity contribution in [2.45, 2.75) is 70.9 Å². The summed E-state index contributed by atoms with van der Waals surface area (Å²) in [6.45, 7) is 7.70. The second kappa shape index (κ2) is 10.3. The van der Waals surface area contributed by atoms with Crippen molar-refractivity contribution >= 4 is 24.8 Å². The molecule has 0 amide bonds. The summed E-state index contributed by atoms with van der Waals surface area (Å²) in [6.07, 6.45) is 13.2. The molecule has 0 saturated carbocycles. The summed E-state index contributed by atoms with van der Waals surface area (Å²) in [5.41, 5.74) is 4.44. The summed E-state index contributed by atoms with van der Waals surface area (Å²) in [6, 6.07) is 7.03. The van der Waals surface area contributed by atoms with Crippen LogP contribution in [0.25, 0.3) is 5.65 Å². The number of piperidine rings is 1. The Kier molecular flexibility index (Phi) is 7.23. The highest BCUT2D eigenvalue weighted by molar-refractivity contribution is 6.36. The number of hydrogen-bond acceptors (Lipinski definition) is 5. The number of aromatic nitrogens is 4. The van der Waals surface area contributed by atoms with Gasteiger partial charge in [0.05, 0.1) is 0 Å².